The van der Waals surface area contributed by atoms with E-state index in [1.807, 2.05) is 18.2 Å². The molecule has 0 spiro atoms. The van der Waals surface area contributed by atoms with E-state index in [0.29, 0.717) is 18.7 Å². The molecule has 2 aromatic carbocycles. The molecule has 2 heteroatoms. The van der Waals surface area contributed by atoms with Gasteiger partial charge in [-0.3, -0.25) is 0 Å². The van der Waals surface area contributed by atoms with E-state index < -0.39 is 0 Å². The minimum absolute atomic E-state index is 0.375. The molecule has 1 saturated carbocycles. The molecule has 0 heterocycles. The minimum Gasteiger partial charge on any atom is -0.489 e. The van der Waals surface area contributed by atoms with Crippen molar-refractivity contribution in [2.24, 2.45) is 5.92 Å². The van der Waals surface area contributed by atoms with Crippen LogP contribution in [0.15, 0.2) is 54.6 Å². The quantitative estimate of drug-likeness (QED) is 0.680. The van der Waals surface area contributed by atoms with E-state index in [0.717, 1.165) is 11.7 Å². The first-order valence-corrected chi connectivity index (χ1v) is 9.75. The van der Waals surface area contributed by atoms with Crippen molar-refractivity contribution in [2.45, 2.75) is 64.6 Å². The van der Waals surface area contributed by atoms with E-state index in [2.05, 4.69) is 55.6 Å². The molecule has 134 valence electrons. The van der Waals surface area contributed by atoms with Gasteiger partial charge >= 0.3 is 0 Å². The molecule has 25 heavy (non-hydrogen) atoms. The lowest BCUT2D eigenvalue weighted by Crippen LogP contribution is -2.36. The maximum atomic E-state index is 5.88. The van der Waals surface area contributed by atoms with Crippen molar-refractivity contribution < 1.29 is 4.74 Å². The highest BCUT2D eigenvalue weighted by atomic mass is 16.5. The molecule has 1 fully saturated rings. The Balaban J connectivity index is 1.50. The van der Waals surface area contributed by atoms with Gasteiger partial charge in [-0.05, 0) is 55.9 Å². The van der Waals surface area contributed by atoms with Crippen molar-refractivity contribution in [3.8, 4) is 5.75 Å². The van der Waals surface area contributed by atoms with Crippen LogP contribution < -0.4 is 10.1 Å². The van der Waals surface area contributed by atoms with Crippen LogP contribution in [0.3, 0.4) is 0 Å². The molecule has 2 nitrogen and oxygen atoms in total. The molecule has 2 unspecified atom stereocenters. The fourth-order valence-corrected chi connectivity index (χ4v) is 3.85. The Kier molecular flexibility index (Phi) is 6.52. The molecule has 0 saturated heterocycles. The number of rotatable bonds is 7. The van der Waals surface area contributed by atoms with Crippen molar-refractivity contribution in [2.75, 3.05) is 0 Å². The molecule has 0 amide bonds. The Morgan fingerprint density at radius 3 is 2.28 bits per heavy atom. The van der Waals surface area contributed by atoms with Gasteiger partial charge in [0.1, 0.15) is 12.4 Å². The average Bonchev–Trinajstić information content (AvgIpc) is 2.68. The van der Waals surface area contributed by atoms with E-state index in [9.17, 15) is 0 Å². The zero-order chi connectivity index (χ0) is 17.5. The number of hydrogen-bond acceptors (Lipinski definition) is 2. The molecule has 1 aliphatic carbocycles. The zero-order valence-corrected chi connectivity index (χ0v) is 15.6. The van der Waals surface area contributed by atoms with Crippen LogP contribution in [0.1, 0.15) is 63.1 Å². The second-order valence-electron chi connectivity index (χ2n) is 7.42. The summed E-state index contributed by atoms with van der Waals surface area (Å²) in [4.78, 5) is 0. The zero-order valence-electron chi connectivity index (χ0n) is 15.6. The van der Waals surface area contributed by atoms with Gasteiger partial charge in [-0.25, -0.2) is 0 Å². The van der Waals surface area contributed by atoms with Crippen LogP contribution in [0, 0.1) is 5.92 Å². The summed E-state index contributed by atoms with van der Waals surface area (Å²) < 4.78 is 5.88. The second-order valence-corrected chi connectivity index (χ2v) is 7.42. The monoisotopic (exact) mass is 337 g/mol. The molecule has 2 atom stereocenters. The Bertz CT molecular complexity index is 616. The van der Waals surface area contributed by atoms with Gasteiger partial charge in [0.25, 0.3) is 0 Å². The van der Waals surface area contributed by atoms with E-state index in [1.54, 1.807) is 0 Å². The van der Waals surface area contributed by atoms with Crippen LogP contribution in [0.25, 0.3) is 0 Å². The third-order valence-electron chi connectivity index (χ3n) is 5.50. The molecule has 0 bridgehead atoms. The standard InChI is InChI=1S/C23H31NO/c1-18(21-11-7-4-8-12-21)24-19(2)22-13-15-23(16-14-22)25-17-20-9-5-3-6-10-20/h3,5-6,9-10,13-16,18-19,21,24H,4,7-8,11-12,17H2,1-2H3. The highest BCUT2D eigenvalue weighted by Gasteiger charge is 2.21. The van der Waals surface area contributed by atoms with Crippen LogP contribution in [-0.2, 0) is 6.61 Å². The van der Waals surface area contributed by atoms with Gasteiger partial charge in [0.2, 0.25) is 0 Å². The summed E-state index contributed by atoms with van der Waals surface area (Å²) in [5.74, 6) is 1.77. The molecule has 0 radical (unpaired) electrons. The van der Waals surface area contributed by atoms with Gasteiger partial charge in [0.15, 0.2) is 0 Å². The van der Waals surface area contributed by atoms with E-state index >= 15 is 0 Å². The Morgan fingerprint density at radius 1 is 0.920 bits per heavy atom. The lowest BCUT2D eigenvalue weighted by atomic mass is 9.84. The Labute approximate surface area is 152 Å². The van der Waals surface area contributed by atoms with Crippen molar-refractivity contribution in [3.05, 3.63) is 65.7 Å². The van der Waals surface area contributed by atoms with E-state index in [1.165, 1.54) is 43.2 Å². The van der Waals surface area contributed by atoms with E-state index in [-0.39, 0.29) is 0 Å². The summed E-state index contributed by atoms with van der Waals surface area (Å²) in [6, 6.07) is 19.8. The van der Waals surface area contributed by atoms with Crippen molar-refractivity contribution >= 4 is 0 Å². The molecular weight excluding hydrogens is 306 g/mol. The number of hydrogen-bond donors (Lipinski definition) is 1. The number of nitrogens with one attached hydrogen (secondary N) is 1. The Hall–Kier alpha value is -1.80. The molecule has 1 aliphatic rings. The SMILES string of the molecule is CC(NC(C)C1CCCCC1)c1ccc(OCc2ccccc2)cc1. The third kappa shape index (κ3) is 5.34. The predicted molar refractivity (Wildman–Crippen MR) is 105 cm³/mol. The molecule has 2 aromatic rings. The highest BCUT2D eigenvalue weighted by Crippen LogP contribution is 2.28. The minimum atomic E-state index is 0.375. The lowest BCUT2D eigenvalue weighted by molar-refractivity contribution is 0.268. The van der Waals surface area contributed by atoms with Gasteiger partial charge in [-0.1, -0.05) is 61.7 Å². The van der Waals surface area contributed by atoms with Gasteiger partial charge in [-0.15, -0.1) is 0 Å². The molecular formula is C23H31NO. The predicted octanol–water partition coefficient (Wildman–Crippen LogP) is 5.89. The van der Waals surface area contributed by atoms with Gasteiger partial charge in [0, 0.05) is 12.1 Å². The first-order valence-electron chi connectivity index (χ1n) is 9.75. The van der Waals surface area contributed by atoms with Crippen molar-refractivity contribution in [1.29, 1.82) is 0 Å². The smallest absolute Gasteiger partial charge is 0.119 e. The fourth-order valence-electron chi connectivity index (χ4n) is 3.85. The molecule has 0 aliphatic heterocycles. The summed E-state index contributed by atoms with van der Waals surface area (Å²) in [7, 11) is 0. The maximum absolute atomic E-state index is 5.88. The fraction of sp³-hybridized carbons (Fsp3) is 0.478. The first-order chi connectivity index (χ1) is 12.2. The van der Waals surface area contributed by atoms with Crippen LogP contribution in [0.4, 0.5) is 0 Å². The lowest BCUT2D eigenvalue weighted by Gasteiger charge is -2.30. The van der Waals surface area contributed by atoms with Crippen LogP contribution >= 0.6 is 0 Å². The van der Waals surface area contributed by atoms with Crippen LogP contribution in [-0.4, -0.2) is 6.04 Å². The van der Waals surface area contributed by atoms with E-state index in [4.69, 9.17) is 4.74 Å². The first kappa shape index (κ1) is 18.0. The molecule has 1 N–H and O–H groups in total. The Morgan fingerprint density at radius 2 is 1.60 bits per heavy atom. The molecule has 0 aromatic heterocycles. The van der Waals surface area contributed by atoms with Crippen LogP contribution in [0.2, 0.25) is 0 Å². The summed E-state index contributed by atoms with van der Waals surface area (Å²) >= 11 is 0. The highest BCUT2D eigenvalue weighted by molar-refractivity contribution is 5.29. The third-order valence-corrected chi connectivity index (χ3v) is 5.50. The largest absolute Gasteiger partial charge is 0.489 e. The average molecular weight is 338 g/mol. The van der Waals surface area contributed by atoms with Gasteiger partial charge in [-0.2, -0.15) is 0 Å². The maximum Gasteiger partial charge on any atom is 0.119 e. The van der Waals surface area contributed by atoms with Crippen LogP contribution in [0.5, 0.6) is 5.75 Å². The summed E-state index contributed by atoms with van der Waals surface area (Å²) in [6.45, 7) is 5.23. The van der Waals surface area contributed by atoms with Gasteiger partial charge in [0.05, 0.1) is 0 Å². The summed E-state index contributed by atoms with van der Waals surface area (Å²) in [5.41, 5.74) is 2.53. The second kappa shape index (κ2) is 9.05. The number of benzene rings is 2. The summed E-state index contributed by atoms with van der Waals surface area (Å²) in [6.07, 6.45) is 6.99. The molecule has 3 rings (SSSR count). The van der Waals surface area contributed by atoms with Crippen molar-refractivity contribution in [3.63, 3.8) is 0 Å². The normalized spacial score (nSPS) is 17.8. The summed E-state index contributed by atoms with van der Waals surface area (Å²) in [5, 5.41) is 3.80. The van der Waals surface area contributed by atoms with Crippen molar-refractivity contribution in [1.82, 2.24) is 5.32 Å². The number of ether oxygens (including phenoxy) is 1. The topological polar surface area (TPSA) is 21.3 Å². The van der Waals surface area contributed by atoms with Gasteiger partial charge < -0.3 is 10.1 Å².